The van der Waals surface area contributed by atoms with Crippen molar-refractivity contribution < 1.29 is 0 Å². The maximum absolute atomic E-state index is 1.57. The molecular weight excluding hydrogens is 136 g/mol. The average Bonchev–Trinajstić information content (AvgIpc) is 1.30. The standard InChI is InChI=1S/CH3P4/c2-1-3-5(1,2)4-1/h2-4H/q+1. The summed E-state index contributed by atoms with van der Waals surface area (Å²) in [4.78, 5) is 0. The van der Waals surface area contributed by atoms with Crippen LogP contribution in [0.25, 0.3) is 0 Å². The molecule has 0 aromatic heterocycles. The van der Waals surface area contributed by atoms with Crippen molar-refractivity contribution in [2.75, 3.05) is 0 Å². The van der Waals surface area contributed by atoms with Crippen molar-refractivity contribution in [3.8, 4) is 0 Å². The van der Waals surface area contributed by atoms with Gasteiger partial charge in [-0.05, 0) is 0 Å². The Labute approximate surface area is 36.2 Å². The van der Waals surface area contributed by atoms with Gasteiger partial charge in [-0.1, -0.05) is 0 Å². The highest BCUT2D eigenvalue weighted by molar-refractivity contribution is 9.23. The summed E-state index contributed by atoms with van der Waals surface area (Å²) in [7, 11) is 4.71. The van der Waals surface area contributed by atoms with Gasteiger partial charge in [0.05, 0.1) is 0 Å². The van der Waals surface area contributed by atoms with Crippen molar-refractivity contribution in [2.24, 2.45) is 0 Å². The number of hydrogen-bond donors (Lipinski definition) is 0. The van der Waals surface area contributed by atoms with Gasteiger partial charge in [-0.15, -0.1) is 0 Å². The third-order valence-corrected chi connectivity index (χ3v) is 30.2. The van der Waals surface area contributed by atoms with E-state index in [1.165, 1.54) is 4.38 Å². The van der Waals surface area contributed by atoms with E-state index in [1.807, 2.05) is 0 Å². The molecule has 0 radical (unpaired) electrons. The third-order valence-electron chi connectivity index (χ3n) is 1.34. The fourth-order valence-corrected chi connectivity index (χ4v) is 34.8. The predicted octanol–water partition coefficient (Wildman–Crippen LogP) is 2.44. The van der Waals surface area contributed by atoms with Crippen LogP contribution in [0.3, 0.4) is 0 Å². The van der Waals surface area contributed by atoms with Crippen LogP contribution >= 0.6 is 31.1 Å². The molecule has 0 aromatic carbocycles. The summed E-state index contributed by atoms with van der Waals surface area (Å²) in [6.07, 6.45) is 0.257. The molecule has 0 aliphatic carbocycles. The van der Waals surface area contributed by atoms with Crippen molar-refractivity contribution in [1.82, 2.24) is 0 Å². The van der Waals surface area contributed by atoms with Gasteiger partial charge in [0.15, 0.2) is 0 Å². The molecule has 0 bridgehead atoms. The molecular formula is CH3P4+. The molecule has 0 nitrogen and oxygen atoms in total. The SMILES string of the molecule is P1C23P[P+]12P3. The minimum Gasteiger partial charge on any atom is 0.106 e. The van der Waals surface area contributed by atoms with Crippen molar-refractivity contribution in [3.05, 3.63) is 0 Å². The van der Waals surface area contributed by atoms with E-state index in [1.54, 1.807) is 24.8 Å². The molecule has 0 spiro atoms. The van der Waals surface area contributed by atoms with E-state index in [2.05, 4.69) is 0 Å². The Morgan fingerprint density at radius 2 is 1.40 bits per heavy atom. The molecule has 26 valence electrons. The van der Waals surface area contributed by atoms with Crippen LogP contribution in [-0.2, 0) is 0 Å². The maximum Gasteiger partial charge on any atom is 0.236 e. The summed E-state index contributed by atoms with van der Waals surface area (Å²) >= 11 is 0. The Hall–Kier alpha value is 1.72. The first-order chi connectivity index (χ1) is 2.37. The zero-order valence-electron chi connectivity index (χ0n) is 2.45. The molecule has 4 heteroatoms. The zero-order chi connectivity index (χ0) is 3.12. The summed E-state index contributed by atoms with van der Waals surface area (Å²) in [5.41, 5.74) is 0. The topological polar surface area (TPSA) is 0 Å². The second-order valence-corrected chi connectivity index (χ2v) is 21.5. The van der Waals surface area contributed by atoms with E-state index < -0.39 is 0 Å². The minimum absolute atomic E-state index is 0.257. The molecule has 3 aliphatic rings. The monoisotopic (exact) mass is 139 g/mol. The lowest BCUT2D eigenvalue weighted by Crippen LogP contribution is -1.52. The van der Waals surface area contributed by atoms with Crippen LogP contribution in [0.15, 0.2) is 0 Å². The Kier molecular flexibility index (Phi) is 0.264. The number of rotatable bonds is 0. The lowest BCUT2D eigenvalue weighted by molar-refractivity contribution is 2.08. The first-order valence-corrected chi connectivity index (χ1v) is 8.96. The Bertz CT molecular complexity index is 85.0. The molecule has 5 heavy (non-hydrogen) atoms. The molecule has 0 N–H and O–H groups in total. The molecule has 0 amide bonds. The fraction of sp³-hybridized carbons (Fsp3) is 1.00. The fourth-order valence-electron chi connectivity index (χ4n) is 0.653. The van der Waals surface area contributed by atoms with E-state index in [-0.39, 0.29) is 6.33 Å². The van der Waals surface area contributed by atoms with Gasteiger partial charge in [0.2, 0.25) is 4.38 Å². The second-order valence-electron chi connectivity index (χ2n) is 1.72. The molecule has 3 heterocycles. The van der Waals surface area contributed by atoms with Gasteiger partial charge in [-0.3, -0.25) is 0 Å². The highest BCUT2D eigenvalue weighted by atomic mass is 32.9. The summed E-state index contributed by atoms with van der Waals surface area (Å²) in [5, 5.41) is 0. The van der Waals surface area contributed by atoms with Crippen LogP contribution in [0.1, 0.15) is 0 Å². The molecule has 3 saturated heterocycles. The van der Waals surface area contributed by atoms with Crippen LogP contribution in [0, 0.1) is 0 Å². The molecule has 0 saturated carbocycles. The Morgan fingerprint density at radius 3 is 1.40 bits per heavy atom. The molecule has 3 unspecified atom stereocenters. The summed E-state index contributed by atoms with van der Waals surface area (Å²) in [5.74, 6) is 0. The zero-order valence-corrected chi connectivity index (χ0v) is 6.34. The van der Waals surface area contributed by atoms with E-state index in [9.17, 15) is 0 Å². The van der Waals surface area contributed by atoms with Gasteiger partial charge < -0.3 is 0 Å². The van der Waals surface area contributed by atoms with Crippen LogP contribution in [0.4, 0.5) is 0 Å². The predicted molar refractivity (Wildman–Crippen MR) is 34.6 cm³/mol. The van der Waals surface area contributed by atoms with E-state index in [0.29, 0.717) is 0 Å². The van der Waals surface area contributed by atoms with E-state index in [0.717, 1.165) is 0 Å². The van der Waals surface area contributed by atoms with Gasteiger partial charge in [0, 0.05) is 0 Å². The summed E-state index contributed by atoms with van der Waals surface area (Å²) < 4.78 is 1.26. The molecule has 3 fully saturated rings. The summed E-state index contributed by atoms with van der Waals surface area (Å²) in [6.45, 7) is 0. The van der Waals surface area contributed by atoms with Crippen molar-refractivity contribution in [2.45, 2.75) is 4.38 Å². The molecule has 0 aromatic rings. The van der Waals surface area contributed by atoms with Gasteiger partial charge >= 0.3 is 0 Å². The second kappa shape index (κ2) is 0.456. The minimum atomic E-state index is 0.257. The van der Waals surface area contributed by atoms with Crippen molar-refractivity contribution in [1.29, 1.82) is 0 Å². The Morgan fingerprint density at radius 1 is 1.20 bits per heavy atom. The normalized spacial score (nSPS) is 106. The maximum atomic E-state index is 1.57. The van der Waals surface area contributed by atoms with Crippen LogP contribution in [-0.4, -0.2) is 4.38 Å². The highest BCUT2D eigenvalue weighted by Gasteiger charge is 3.15. The first-order valence-electron chi connectivity index (χ1n) is 1.64. The van der Waals surface area contributed by atoms with Gasteiger partial charge in [-0.25, -0.2) is 0 Å². The quantitative estimate of drug-likeness (QED) is 0.452. The van der Waals surface area contributed by atoms with Crippen LogP contribution in [0.5, 0.6) is 0 Å². The first kappa shape index (κ1) is 2.89. The van der Waals surface area contributed by atoms with E-state index in [4.69, 9.17) is 0 Å². The van der Waals surface area contributed by atoms with Gasteiger partial charge in [-0.2, -0.15) is 0 Å². The largest absolute Gasteiger partial charge is 0.236 e. The summed E-state index contributed by atoms with van der Waals surface area (Å²) in [6, 6.07) is 0. The van der Waals surface area contributed by atoms with E-state index >= 15 is 0 Å². The highest BCUT2D eigenvalue weighted by Crippen LogP contribution is 3.59. The number of hydrogen-bond acceptors (Lipinski definition) is 0. The van der Waals surface area contributed by atoms with Gasteiger partial charge in [0.1, 0.15) is 31.1 Å². The van der Waals surface area contributed by atoms with Crippen molar-refractivity contribution in [3.63, 3.8) is 0 Å². The molecule has 3 rings (SSSR count). The smallest absolute Gasteiger partial charge is 0.106 e. The average molecular weight is 139 g/mol. The Balaban J connectivity index is 2.58. The molecule has 3 atom stereocenters. The molecule has 3 aliphatic heterocycles. The van der Waals surface area contributed by atoms with Crippen molar-refractivity contribution >= 4 is 31.1 Å². The lowest BCUT2D eigenvalue weighted by Gasteiger charge is -1.87. The van der Waals surface area contributed by atoms with Crippen LogP contribution in [0.2, 0.25) is 0 Å². The van der Waals surface area contributed by atoms with Crippen LogP contribution < -0.4 is 0 Å². The van der Waals surface area contributed by atoms with Gasteiger partial charge in [0.25, 0.3) is 0 Å². The lowest BCUT2D eigenvalue weighted by atomic mass is 11.8. The third kappa shape index (κ3) is 0.153.